The van der Waals surface area contributed by atoms with Crippen LogP contribution in [0.25, 0.3) is 0 Å². The van der Waals surface area contributed by atoms with E-state index in [1.54, 1.807) is 11.3 Å². The van der Waals surface area contributed by atoms with Gasteiger partial charge in [0.15, 0.2) is 5.13 Å². The van der Waals surface area contributed by atoms with Crippen LogP contribution >= 0.6 is 22.9 Å². The molecule has 3 rings (SSSR count). The number of halogens is 1. The first-order chi connectivity index (χ1) is 8.65. The molecule has 0 amide bonds. The smallest absolute Gasteiger partial charge is 0.180 e. The van der Waals surface area contributed by atoms with E-state index in [2.05, 4.69) is 24.0 Å². The Balaban J connectivity index is 2.07. The zero-order chi connectivity index (χ0) is 12.7. The number of nitrogen functional groups attached to an aromatic ring is 1. The number of aryl methyl sites for hydroxylation is 2. The van der Waals surface area contributed by atoms with Gasteiger partial charge in [-0.3, -0.25) is 0 Å². The van der Waals surface area contributed by atoms with E-state index in [0.717, 1.165) is 24.3 Å². The molecule has 1 aromatic heterocycles. The molecule has 0 radical (unpaired) electrons. The Bertz CT molecular complexity index is 591. The predicted octanol–water partition coefficient (Wildman–Crippen LogP) is 4.16. The van der Waals surface area contributed by atoms with Crippen LogP contribution in [0.15, 0.2) is 18.2 Å². The third-order valence-electron chi connectivity index (χ3n) is 3.50. The van der Waals surface area contributed by atoms with Crippen molar-refractivity contribution in [3.05, 3.63) is 44.9 Å². The second-order valence-electron chi connectivity index (χ2n) is 4.83. The van der Waals surface area contributed by atoms with Gasteiger partial charge in [0, 0.05) is 15.8 Å². The maximum absolute atomic E-state index is 6.39. The highest BCUT2D eigenvalue weighted by molar-refractivity contribution is 7.15. The number of benzene rings is 1. The van der Waals surface area contributed by atoms with Gasteiger partial charge in [0.05, 0.1) is 5.69 Å². The second kappa shape index (κ2) is 4.56. The van der Waals surface area contributed by atoms with Crippen molar-refractivity contribution in [3.8, 4) is 0 Å². The highest BCUT2D eigenvalue weighted by atomic mass is 35.5. The fourth-order valence-electron chi connectivity index (χ4n) is 2.65. The van der Waals surface area contributed by atoms with Gasteiger partial charge in [-0.05, 0) is 43.4 Å². The Morgan fingerprint density at radius 1 is 1.44 bits per heavy atom. The highest BCUT2D eigenvalue weighted by Crippen LogP contribution is 2.42. The fraction of sp³-hybridized carbons (Fsp3) is 0.357. The Labute approximate surface area is 116 Å². The molecule has 1 aliphatic rings. The second-order valence-corrected chi connectivity index (χ2v) is 6.30. The van der Waals surface area contributed by atoms with Crippen molar-refractivity contribution in [2.24, 2.45) is 0 Å². The lowest BCUT2D eigenvalue weighted by molar-refractivity contribution is 0.617. The van der Waals surface area contributed by atoms with Gasteiger partial charge in [-0.15, -0.1) is 11.3 Å². The molecule has 1 heterocycles. The third-order valence-corrected chi connectivity index (χ3v) is 4.87. The molecule has 1 atom stereocenters. The summed E-state index contributed by atoms with van der Waals surface area (Å²) in [5.41, 5.74) is 9.42. The van der Waals surface area contributed by atoms with Gasteiger partial charge in [0.2, 0.25) is 0 Å². The number of fused-ring (bicyclic) bond motifs is 1. The Hall–Kier alpha value is -1.06. The first kappa shape index (κ1) is 12.0. The molecule has 0 fully saturated rings. The van der Waals surface area contributed by atoms with Crippen LogP contribution in [0, 0.1) is 6.92 Å². The van der Waals surface area contributed by atoms with E-state index in [1.165, 1.54) is 21.7 Å². The van der Waals surface area contributed by atoms with Gasteiger partial charge in [-0.1, -0.05) is 23.7 Å². The minimum absolute atomic E-state index is 0.372. The van der Waals surface area contributed by atoms with E-state index < -0.39 is 0 Å². The van der Waals surface area contributed by atoms with Crippen molar-refractivity contribution in [2.75, 3.05) is 5.73 Å². The first-order valence-electron chi connectivity index (χ1n) is 6.16. The summed E-state index contributed by atoms with van der Waals surface area (Å²) in [5, 5.41) is 1.54. The average Bonchev–Trinajstić information content (AvgIpc) is 2.69. The zero-order valence-corrected chi connectivity index (χ0v) is 11.8. The van der Waals surface area contributed by atoms with Crippen molar-refractivity contribution >= 4 is 28.1 Å². The van der Waals surface area contributed by atoms with E-state index in [0.29, 0.717) is 11.0 Å². The van der Waals surface area contributed by atoms with Crippen molar-refractivity contribution in [2.45, 2.75) is 32.1 Å². The standard InChI is InChI=1S/C14H15ClN2S/c1-8-5-6-9(11(15)7-8)10-3-2-4-12-13(10)18-14(16)17-12/h5-7,10H,2-4H2,1H3,(H2,16,17). The number of aromatic nitrogens is 1. The van der Waals surface area contributed by atoms with Crippen LogP contribution in [-0.2, 0) is 6.42 Å². The summed E-state index contributed by atoms with van der Waals surface area (Å²) in [4.78, 5) is 5.74. The molecule has 4 heteroatoms. The molecule has 94 valence electrons. The molecule has 0 aliphatic heterocycles. The van der Waals surface area contributed by atoms with Crippen LogP contribution in [0.5, 0.6) is 0 Å². The number of nitrogens with two attached hydrogens (primary N) is 1. The lowest BCUT2D eigenvalue weighted by Gasteiger charge is -2.22. The van der Waals surface area contributed by atoms with Gasteiger partial charge in [0.25, 0.3) is 0 Å². The number of hydrogen-bond acceptors (Lipinski definition) is 3. The molecule has 2 aromatic rings. The summed E-state index contributed by atoms with van der Waals surface area (Å²) < 4.78 is 0. The molecule has 0 bridgehead atoms. The van der Waals surface area contributed by atoms with Crippen molar-refractivity contribution in [1.29, 1.82) is 0 Å². The predicted molar refractivity (Wildman–Crippen MR) is 77.5 cm³/mol. The largest absolute Gasteiger partial charge is 0.375 e. The molecule has 1 unspecified atom stereocenters. The lowest BCUT2D eigenvalue weighted by Crippen LogP contribution is -2.09. The van der Waals surface area contributed by atoms with Crippen molar-refractivity contribution in [1.82, 2.24) is 4.98 Å². The first-order valence-corrected chi connectivity index (χ1v) is 7.35. The maximum Gasteiger partial charge on any atom is 0.180 e. The van der Waals surface area contributed by atoms with E-state index in [-0.39, 0.29) is 0 Å². The molecule has 1 aromatic carbocycles. The SMILES string of the molecule is Cc1ccc(C2CCCc3nc(N)sc32)c(Cl)c1. The fourth-order valence-corrected chi connectivity index (χ4v) is 4.05. The summed E-state index contributed by atoms with van der Waals surface area (Å²) in [6.45, 7) is 2.06. The zero-order valence-electron chi connectivity index (χ0n) is 10.2. The monoisotopic (exact) mass is 278 g/mol. The van der Waals surface area contributed by atoms with E-state index in [1.807, 2.05) is 6.07 Å². The Morgan fingerprint density at radius 2 is 2.28 bits per heavy atom. The molecule has 18 heavy (non-hydrogen) atoms. The number of thiazole rings is 1. The lowest BCUT2D eigenvalue weighted by atomic mass is 9.86. The Kier molecular flexibility index (Phi) is 3.04. The molecular formula is C14H15ClN2S. The summed E-state index contributed by atoms with van der Waals surface area (Å²) in [6, 6.07) is 6.31. The van der Waals surface area contributed by atoms with Crippen LogP contribution in [0.3, 0.4) is 0 Å². The quantitative estimate of drug-likeness (QED) is 0.851. The van der Waals surface area contributed by atoms with E-state index >= 15 is 0 Å². The van der Waals surface area contributed by atoms with E-state index in [4.69, 9.17) is 17.3 Å². The van der Waals surface area contributed by atoms with Gasteiger partial charge >= 0.3 is 0 Å². The Morgan fingerprint density at radius 3 is 3.06 bits per heavy atom. The molecular weight excluding hydrogens is 264 g/mol. The molecule has 2 N–H and O–H groups in total. The normalized spacial score (nSPS) is 18.7. The summed E-state index contributed by atoms with van der Waals surface area (Å²) in [6.07, 6.45) is 3.34. The van der Waals surface area contributed by atoms with Gasteiger partial charge in [-0.2, -0.15) is 0 Å². The molecule has 0 saturated carbocycles. The van der Waals surface area contributed by atoms with Crippen LogP contribution in [0.2, 0.25) is 5.02 Å². The highest BCUT2D eigenvalue weighted by Gasteiger charge is 2.26. The molecule has 0 spiro atoms. The number of nitrogens with zero attached hydrogens (tertiary/aromatic N) is 1. The number of hydrogen-bond donors (Lipinski definition) is 1. The van der Waals surface area contributed by atoms with Crippen LogP contribution in [-0.4, -0.2) is 4.98 Å². The maximum atomic E-state index is 6.39. The topological polar surface area (TPSA) is 38.9 Å². The number of rotatable bonds is 1. The third kappa shape index (κ3) is 2.02. The van der Waals surface area contributed by atoms with Gasteiger partial charge in [0.1, 0.15) is 0 Å². The van der Waals surface area contributed by atoms with Gasteiger partial charge in [-0.25, -0.2) is 4.98 Å². The molecule has 1 aliphatic carbocycles. The van der Waals surface area contributed by atoms with Crippen molar-refractivity contribution in [3.63, 3.8) is 0 Å². The van der Waals surface area contributed by atoms with Gasteiger partial charge < -0.3 is 5.73 Å². The number of anilines is 1. The van der Waals surface area contributed by atoms with Crippen LogP contribution in [0.1, 0.15) is 40.5 Å². The average molecular weight is 279 g/mol. The van der Waals surface area contributed by atoms with Crippen molar-refractivity contribution < 1.29 is 0 Å². The van der Waals surface area contributed by atoms with Crippen LogP contribution < -0.4 is 5.73 Å². The van der Waals surface area contributed by atoms with Crippen LogP contribution in [0.4, 0.5) is 5.13 Å². The summed E-state index contributed by atoms with van der Waals surface area (Å²) in [7, 11) is 0. The molecule has 2 nitrogen and oxygen atoms in total. The minimum atomic E-state index is 0.372. The summed E-state index contributed by atoms with van der Waals surface area (Å²) in [5.74, 6) is 0.372. The minimum Gasteiger partial charge on any atom is -0.375 e. The molecule has 0 saturated heterocycles. The van der Waals surface area contributed by atoms with E-state index in [9.17, 15) is 0 Å². The summed E-state index contributed by atoms with van der Waals surface area (Å²) >= 11 is 8.00.